The van der Waals surface area contributed by atoms with Crippen molar-refractivity contribution in [3.05, 3.63) is 70.0 Å². The van der Waals surface area contributed by atoms with Gasteiger partial charge >= 0.3 is 12.4 Å². The Morgan fingerprint density at radius 3 is 2.00 bits per heavy atom. The SMILES string of the molecule is CCc1cc2c(-c3cc(C(F)(F)F)cc(C(F)(F)F)c3)c3c(cc2cc1F)C(=N)N=C3N. The first-order chi connectivity index (χ1) is 14.8. The summed E-state index contributed by atoms with van der Waals surface area (Å²) in [6.07, 6.45) is -9.85. The molecule has 0 aliphatic carbocycles. The maximum Gasteiger partial charge on any atom is 0.416 e. The van der Waals surface area contributed by atoms with Crippen molar-refractivity contribution in [3.63, 3.8) is 0 Å². The predicted octanol–water partition coefficient (Wildman–Crippen LogP) is 6.29. The van der Waals surface area contributed by atoms with Crippen molar-refractivity contribution in [2.45, 2.75) is 25.7 Å². The van der Waals surface area contributed by atoms with Crippen LogP contribution in [0.5, 0.6) is 0 Å². The number of hydrogen-bond acceptors (Lipinski definition) is 2. The number of nitrogens with one attached hydrogen (secondary N) is 1. The van der Waals surface area contributed by atoms with E-state index in [1.807, 2.05) is 0 Å². The fourth-order valence-electron chi connectivity index (χ4n) is 3.83. The molecule has 0 saturated heterocycles. The lowest BCUT2D eigenvalue weighted by Crippen LogP contribution is -2.14. The molecule has 3 N–H and O–H groups in total. The third kappa shape index (κ3) is 3.49. The zero-order valence-electron chi connectivity index (χ0n) is 16.3. The van der Waals surface area contributed by atoms with E-state index in [2.05, 4.69) is 4.99 Å². The zero-order valence-corrected chi connectivity index (χ0v) is 16.3. The van der Waals surface area contributed by atoms with Crippen molar-refractivity contribution in [1.82, 2.24) is 0 Å². The number of fused-ring (bicyclic) bond motifs is 2. The van der Waals surface area contributed by atoms with E-state index in [4.69, 9.17) is 11.1 Å². The molecule has 10 heteroatoms. The molecule has 0 spiro atoms. The van der Waals surface area contributed by atoms with Gasteiger partial charge in [-0.2, -0.15) is 26.3 Å². The summed E-state index contributed by atoms with van der Waals surface area (Å²) in [7, 11) is 0. The van der Waals surface area contributed by atoms with Gasteiger partial charge in [0.05, 0.1) is 11.1 Å². The Kier molecular flexibility index (Phi) is 4.80. The smallest absolute Gasteiger partial charge is 0.383 e. The minimum atomic E-state index is -5.04. The number of benzene rings is 3. The number of alkyl halides is 6. The first kappa shape index (κ1) is 21.8. The molecule has 0 saturated carbocycles. The minimum absolute atomic E-state index is 0.0332. The van der Waals surface area contributed by atoms with Gasteiger partial charge < -0.3 is 5.73 Å². The number of aliphatic imine (C=N–C) groups is 1. The maximum atomic E-state index is 14.4. The summed E-state index contributed by atoms with van der Waals surface area (Å²) in [6.45, 7) is 1.66. The molecule has 4 rings (SSSR count). The number of amidine groups is 2. The number of nitrogens with two attached hydrogens (primary N) is 1. The summed E-state index contributed by atoms with van der Waals surface area (Å²) in [6, 6.07) is 5.14. The minimum Gasteiger partial charge on any atom is -0.383 e. The second-order valence-corrected chi connectivity index (χ2v) is 7.33. The van der Waals surface area contributed by atoms with Gasteiger partial charge in [0.1, 0.15) is 11.7 Å². The number of aryl methyl sites for hydroxylation is 1. The van der Waals surface area contributed by atoms with Crippen LogP contribution in [0.3, 0.4) is 0 Å². The van der Waals surface area contributed by atoms with Gasteiger partial charge in [0.15, 0.2) is 5.84 Å². The van der Waals surface area contributed by atoms with E-state index < -0.39 is 34.9 Å². The Hall–Kier alpha value is -3.43. The summed E-state index contributed by atoms with van der Waals surface area (Å²) in [4.78, 5) is 3.81. The van der Waals surface area contributed by atoms with Gasteiger partial charge in [0, 0.05) is 16.7 Å². The van der Waals surface area contributed by atoms with Gasteiger partial charge in [-0.1, -0.05) is 6.92 Å². The molecule has 0 bridgehead atoms. The van der Waals surface area contributed by atoms with Crippen LogP contribution in [0.15, 0.2) is 41.4 Å². The summed E-state index contributed by atoms with van der Waals surface area (Å²) in [5.41, 5.74) is 2.82. The highest BCUT2D eigenvalue weighted by atomic mass is 19.4. The quantitative estimate of drug-likeness (QED) is 0.440. The molecule has 0 aromatic heterocycles. The first-order valence-corrected chi connectivity index (χ1v) is 9.33. The summed E-state index contributed by atoms with van der Waals surface area (Å²) < 4.78 is 95.1. The van der Waals surface area contributed by atoms with Crippen molar-refractivity contribution in [1.29, 1.82) is 5.41 Å². The molecule has 0 fully saturated rings. The van der Waals surface area contributed by atoms with Gasteiger partial charge in [-0.05, 0) is 64.7 Å². The first-order valence-electron chi connectivity index (χ1n) is 9.33. The highest BCUT2D eigenvalue weighted by Crippen LogP contribution is 2.43. The average Bonchev–Trinajstić information content (AvgIpc) is 2.97. The highest BCUT2D eigenvalue weighted by molar-refractivity contribution is 6.27. The van der Waals surface area contributed by atoms with Crippen LogP contribution in [0, 0.1) is 11.2 Å². The van der Waals surface area contributed by atoms with Gasteiger partial charge in [-0.25, -0.2) is 9.38 Å². The Morgan fingerprint density at radius 1 is 0.875 bits per heavy atom. The van der Waals surface area contributed by atoms with Crippen LogP contribution >= 0.6 is 0 Å². The van der Waals surface area contributed by atoms with Crippen molar-refractivity contribution >= 4 is 22.4 Å². The highest BCUT2D eigenvalue weighted by Gasteiger charge is 2.38. The number of nitrogens with zero attached hydrogens (tertiary/aromatic N) is 1. The molecule has 1 aliphatic heterocycles. The second-order valence-electron chi connectivity index (χ2n) is 7.33. The van der Waals surface area contributed by atoms with Crippen LogP contribution in [0.2, 0.25) is 0 Å². The van der Waals surface area contributed by atoms with E-state index in [-0.39, 0.29) is 57.2 Å². The second kappa shape index (κ2) is 7.04. The zero-order chi connectivity index (χ0) is 23.6. The molecule has 3 nitrogen and oxygen atoms in total. The summed E-state index contributed by atoms with van der Waals surface area (Å²) >= 11 is 0. The fraction of sp³-hybridized carbons (Fsp3) is 0.182. The predicted molar refractivity (Wildman–Crippen MR) is 106 cm³/mol. The topological polar surface area (TPSA) is 62.2 Å². The standard InChI is InChI=1S/C22H14F7N3/c1-2-9-5-14-10(7-16(9)23)6-15-18(20(31)32-19(15)30)17(14)11-3-12(21(24,25)26)8-13(4-11)22(27,28)29/h3-8H,2H2,1H3,(H3,30,31,32). The van der Waals surface area contributed by atoms with Crippen LogP contribution < -0.4 is 5.73 Å². The normalized spacial score (nSPS) is 14.1. The van der Waals surface area contributed by atoms with E-state index in [9.17, 15) is 30.7 Å². The molecule has 0 amide bonds. The van der Waals surface area contributed by atoms with E-state index in [1.54, 1.807) is 6.92 Å². The van der Waals surface area contributed by atoms with Gasteiger partial charge in [0.2, 0.25) is 0 Å². The molecule has 32 heavy (non-hydrogen) atoms. The molecule has 3 aromatic carbocycles. The van der Waals surface area contributed by atoms with E-state index in [0.29, 0.717) is 12.1 Å². The molecular formula is C22H14F7N3. The Bertz CT molecular complexity index is 1290. The van der Waals surface area contributed by atoms with Crippen molar-refractivity contribution in [2.24, 2.45) is 10.7 Å². The number of rotatable bonds is 2. The molecule has 0 radical (unpaired) electrons. The number of halogens is 7. The van der Waals surface area contributed by atoms with Crippen LogP contribution in [0.25, 0.3) is 21.9 Å². The fourth-order valence-corrected chi connectivity index (χ4v) is 3.83. The lowest BCUT2D eigenvalue weighted by molar-refractivity contribution is -0.143. The molecule has 0 unspecified atom stereocenters. The Labute approximate surface area is 176 Å². The number of hydrogen-bond donors (Lipinski definition) is 2. The monoisotopic (exact) mass is 453 g/mol. The average molecular weight is 453 g/mol. The van der Waals surface area contributed by atoms with E-state index >= 15 is 0 Å². The van der Waals surface area contributed by atoms with Crippen LogP contribution in [-0.4, -0.2) is 11.7 Å². The largest absolute Gasteiger partial charge is 0.416 e. The van der Waals surface area contributed by atoms with Gasteiger partial charge in [-0.3, -0.25) is 5.41 Å². The summed E-state index contributed by atoms with van der Waals surface area (Å²) in [5.74, 6) is -1.11. The van der Waals surface area contributed by atoms with Crippen LogP contribution in [-0.2, 0) is 18.8 Å². The molecule has 0 atom stereocenters. The van der Waals surface area contributed by atoms with Crippen molar-refractivity contribution in [2.75, 3.05) is 0 Å². The molecule has 166 valence electrons. The van der Waals surface area contributed by atoms with E-state index in [1.165, 1.54) is 12.1 Å². The van der Waals surface area contributed by atoms with E-state index in [0.717, 1.165) is 6.07 Å². The van der Waals surface area contributed by atoms with Gasteiger partial charge in [0.25, 0.3) is 0 Å². The molecule has 1 aliphatic rings. The Morgan fingerprint density at radius 2 is 1.47 bits per heavy atom. The van der Waals surface area contributed by atoms with Gasteiger partial charge in [-0.15, -0.1) is 0 Å². The lowest BCUT2D eigenvalue weighted by Gasteiger charge is -2.18. The van der Waals surface area contributed by atoms with Crippen molar-refractivity contribution < 1.29 is 30.7 Å². The molecule has 3 aromatic rings. The Balaban J connectivity index is 2.19. The molecular weight excluding hydrogens is 439 g/mol. The van der Waals surface area contributed by atoms with Crippen LogP contribution in [0.1, 0.15) is 34.7 Å². The van der Waals surface area contributed by atoms with Crippen LogP contribution in [0.4, 0.5) is 30.7 Å². The van der Waals surface area contributed by atoms with Crippen molar-refractivity contribution in [3.8, 4) is 11.1 Å². The third-order valence-corrected chi connectivity index (χ3v) is 5.31. The maximum absolute atomic E-state index is 14.4. The molecule has 1 heterocycles. The summed E-state index contributed by atoms with van der Waals surface area (Å²) in [5, 5.41) is 8.40. The lowest BCUT2D eigenvalue weighted by atomic mass is 9.87. The third-order valence-electron chi connectivity index (χ3n) is 5.31.